The standard InChI is InChI=1S/C25H21O2P/c1-27-22-10-8-9-21(19-22)20-15-17-25(18-16-20)28(26,23-11-4-2-5-12-23)24-13-6-3-7-14-24/h2-19H,1H3. The Kier molecular flexibility index (Phi) is 5.14. The first-order valence-electron chi connectivity index (χ1n) is 9.18. The predicted octanol–water partition coefficient (Wildman–Crippen LogP) is 5.00. The summed E-state index contributed by atoms with van der Waals surface area (Å²) in [4.78, 5) is 0. The quantitative estimate of drug-likeness (QED) is 0.453. The van der Waals surface area contributed by atoms with Crippen molar-refractivity contribution in [1.29, 1.82) is 0 Å². The van der Waals surface area contributed by atoms with Crippen LogP contribution >= 0.6 is 7.14 Å². The number of methoxy groups -OCH3 is 1. The average molecular weight is 384 g/mol. The zero-order chi connectivity index (χ0) is 19.4. The molecule has 28 heavy (non-hydrogen) atoms. The van der Waals surface area contributed by atoms with Crippen molar-refractivity contribution in [2.75, 3.05) is 7.11 Å². The second-order valence-electron chi connectivity index (χ2n) is 6.56. The molecule has 0 heterocycles. The summed E-state index contributed by atoms with van der Waals surface area (Å²) in [7, 11) is -1.26. The minimum Gasteiger partial charge on any atom is -0.497 e. The van der Waals surface area contributed by atoms with Gasteiger partial charge in [0.15, 0.2) is 7.14 Å². The Morgan fingerprint density at radius 1 is 0.571 bits per heavy atom. The molecule has 0 saturated carbocycles. The molecule has 4 aromatic carbocycles. The van der Waals surface area contributed by atoms with Gasteiger partial charge in [-0.25, -0.2) is 0 Å². The lowest BCUT2D eigenvalue weighted by atomic mass is 10.1. The molecule has 3 heteroatoms. The molecular weight excluding hydrogens is 363 g/mol. The lowest BCUT2D eigenvalue weighted by Gasteiger charge is -2.20. The van der Waals surface area contributed by atoms with Crippen molar-refractivity contribution >= 4 is 23.1 Å². The molecule has 0 aromatic heterocycles. The summed E-state index contributed by atoms with van der Waals surface area (Å²) in [6.45, 7) is 0. The molecule has 0 atom stereocenters. The molecule has 0 saturated heterocycles. The molecule has 0 aliphatic rings. The highest BCUT2D eigenvalue weighted by atomic mass is 31.2. The first kappa shape index (κ1) is 18.3. The van der Waals surface area contributed by atoms with Gasteiger partial charge < -0.3 is 9.30 Å². The Labute approximate surface area is 165 Å². The molecule has 0 amide bonds. The van der Waals surface area contributed by atoms with Crippen LogP contribution in [0.15, 0.2) is 109 Å². The van der Waals surface area contributed by atoms with Crippen molar-refractivity contribution in [2.24, 2.45) is 0 Å². The molecule has 4 aromatic rings. The molecule has 138 valence electrons. The fraction of sp³-hybridized carbons (Fsp3) is 0.0400. The zero-order valence-corrected chi connectivity index (χ0v) is 16.6. The minimum atomic E-state index is -2.93. The Bertz CT molecular complexity index is 1060. The van der Waals surface area contributed by atoms with E-state index in [2.05, 4.69) is 0 Å². The van der Waals surface area contributed by atoms with Crippen molar-refractivity contribution in [3.63, 3.8) is 0 Å². The minimum absolute atomic E-state index is 0.820. The summed E-state index contributed by atoms with van der Waals surface area (Å²) >= 11 is 0. The third kappa shape index (κ3) is 3.40. The molecule has 4 rings (SSSR count). The third-order valence-corrected chi connectivity index (χ3v) is 7.95. The molecule has 0 spiro atoms. The van der Waals surface area contributed by atoms with Crippen LogP contribution in [0.2, 0.25) is 0 Å². The highest BCUT2D eigenvalue weighted by molar-refractivity contribution is 7.85. The van der Waals surface area contributed by atoms with E-state index in [4.69, 9.17) is 4.74 Å². The molecule has 0 unspecified atom stereocenters. The van der Waals surface area contributed by atoms with E-state index in [9.17, 15) is 4.57 Å². The smallest absolute Gasteiger partial charge is 0.171 e. The van der Waals surface area contributed by atoms with Gasteiger partial charge in [-0.1, -0.05) is 97.1 Å². The SMILES string of the molecule is COc1cccc(-c2ccc(P(=O)(c3ccccc3)c3ccccc3)cc2)c1. The summed E-state index contributed by atoms with van der Waals surface area (Å²) in [5.41, 5.74) is 2.13. The highest BCUT2D eigenvalue weighted by Gasteiger charge is 2.29. The number of rotatable bonds is 5. The van der Waals surface area contributed by atoms with Crippen LogP contribution in [0.4, 0.5) is 0 Å². The summed E-state index contributed by atoms with van der Waals surface area (Å²) in [5.74, 6) is 0.820. The Balaban J connectivity index is 1.81. The maximum absolute atomic E-state index is 14.3. The van der Waals surface area contributed by atoms with Crippen molar-refractivity contribution in [1.82, 2.24) is 0 Å². The van der Waals surface area contributed by atoms with E-state index in [0.29, 0.717) is 0 Å². The zero-order valence-electron chi connectivity index (χ0n) is 15.7. The topological polar surface area (TPSA) is 26.3 Å². The second-order valence-corrected chi connectivity index (χ2v) is 9.33. The van der Waals surface area contributed by atoms with Crippen LogP contribution in [0.1, 0.15) is 0 Å². The van der Waals surface area contributed by atoms with E-state index >= 15 is 0 Å². The molecule has 0 aliphatic carbocycles. The van der Waals surface area contributed by atoms with Crippen LogP contribution in [0, 0.1) is 0 Å². The second kappa shape index (κ2) is 7.88. The van der Waals surface area contributed by atoms with Gasteiger partial charge in [0.05, 0.1) is 7.11 Å². The normalized spacial score (nSPS) is 11.2. The summed E-state index contributed by atoms with van der Waals surface area (Å²) in [6.07, 6.45) is 0. The van der Waals surface area contributed by atoms with Gasteiger partial charge in [-0.15, -0.1) is 0 Å². The van der Waals surface area contributed by atoms with Crippen LogP contribution in [0.5, 0.6) is 5.75 Å². The predicted molar refractivity (Wildman–Crippen MR) is 118 cm³/mol. The first-order chi connectivity index (χ1) is 13.7. The van der Waals surface area contributed by atoms with Gasteiger partial charge in [-0.2, -0.15) is 0 Å². The van der Waals surface area contributed by atoms with Crippen molar-refractivity contribution < 1.29 is 9.30 Å². The van der Waals surface area contributed by atoms with Gasteiger partial charge in [0, 0.05) is 15.9 Å². The van der Waals surface area contributed by atoms with Crippen molar-refractivity contribution in [2.45, 2.75) is 0 Å². The Morgan fingerprint density at radius 3 is 1.64 bits per heavy atom. The van der Waals surface area contributed by atoms with E-state index in [1.54, 1.807) is 7.11 Å². The lowest BCUT2D eigenvalue weighted by Crippen LogP contribution is -2.24. The van der Waals surface area contributed by atoms with Gasteiger partial charge in [0.25, 0.3) is 0 Å². The molecular formula is C25H21O2P. The van der Waals surface area contributed by atoms with Gasteiger partial charge in [-0.05, 0) is 23.3 Å². The first-order valence-corrected chi connectivity index (χ1v) is 10.9. The summed E-state index contributed by atoms with van der Waals surface area (Å²) in [5, 5.41) is 2.52. The van der Waals surface area contributed by atoms with Crippen molar-refractivity contribution in [3.8, 4) is 16.9 Å². The van der Waals surface area contributed by atoms with E-state index in [-0.39, 0.29) is 0 Å². The van der Waals surface area contributed by atoms with Gasteiger partial charge >= 0.3 is 0 Å². The Morgan fingerprint density at radius 2 is 1.11 bits per heavy atom. The number of hydrogen-bond acceptors (Lipinski definition) is 2. The van der Waals surface area contributed by atoms with E-state index in [1.165, 1.54) is 0 Å². The number of ether oxygens (including phenoxy) is 1. The monoisotopic (exact) mass is 384 g/mol. The van der Waals surface area contributed by atoms with E-state index in [1.807, 2.05) is 109 Å². The molecule has 0 N–H and O–H groups in total. The lowest BCUT2D eigenvalue weighted by molar-refractivity contribution is 0.415. The maximum atomic E-state index is 14.3. The molecule has 0 radical (unpaired) electrons. The van der Waals surface area contributed by atoms with Crippen LogP contribution in [-0.2, 0) is 4.57 Å². The molecule has 0 fully saturated rings. The van der Waals surface area contributed by atoms with Gasteiger partial charge in [0.2, 0.25) is 0 Å². The maximum Gasteiger partial charge on any atom is 0.171 e. The largest absolute Gasteiger partial charge is 0.497 e. The summed E-state index contributed by atoms with van der Waals surface area (Å²) in [6, 6.07) is 35.4. The highest BCUT2D eigenvalue weighted by Crippen LogP contribution is 2.42. The number of hydrogen-bond donors (Lipinski definition) is 0. The van der Waals surface area contributed by atoms with Gasteiger partial charge in [-0.3, -0.25) is 0 Å². The summed E-state index contributed by atoms with van der Waals surface area (Å²) < 4.78 is 19.7. The molecule has 0 bridgehead atoms. The fourth-order valence-corrected chi connectivity index (χ4v) is 6.04. The Hall–Kier alpha value is -3.09. The van der Waals surface area contributed by atoms with Crippen LogP contribution in [-0.4, -0.2) is 7.11 Å². The molecule has 2 nitrogen and oxygen atoms in total. The fourth-order valence-electron chi connectivity index (χ4n) is 3.39. The third-order valence-electron chi connectivity index (χ3n) is 4.87. The van der Waals surface area contributed by atoms with E-state index < -0.39 is 7.14 Å². The van der Waals surface area contributed by atoms with Gasteiger partial charge in [0.1, 0.15) is 5.75 Å². The van der Waals surface area contributed by atoms with Crippen molar-refractivity contribution in [3.05, 3.63) is 109 Å². The van der Waals surface area contributed by atoms with Crippen LogP contribution in [0.3, 0.4) is 0 Å². The van der Waals surface area contributed by atoms with E-state index in [0.717, 1.165) is 32.8 Å². The van der Waals surface area contributed by atoms with Crippen LogP contribution in [0.25, 0.3) is 11.1 Å². The van der Waals surface area contributed by atoms with Crippen LogP contribution < -0.4 is 20.7 Å². The molecule has 0 aliphatic heterocycles. The number of benzene rings is 4. The average Bonchev–Trinajstić information content (AvgIpc) is 2.80.